The van der Waals surface area contributed by atoms with E-state index >= 15 is 0 Å². The second kappa shape index (κ2) is 4.50. The van der Waals surface area contributed by atoms with Crippen LogP contribution in [0.1, 0.15) is 11.5 Å². The average molecular weight is 196 g/mol. The fourth-order valence-electron chi connectivity index (χ4n) is 1.07. The van der Waals surface area contributed by atoms with Crippen LogP contribution < -0.4 is 0 Å². The molecule has 0 heterocycles. The number of hydrogen-bond acceptors (Lipinski definition) is 3. The Bertz CT molecular complexity index is 332. The summed E-state index contributed by atoms with van der Waals surface area (Å²) in [7, 11) is 1.20. The van der Waals surface area contributed by atoms with Gasteiger partial charge in [-0.15, -0.1) is 0 Å². The number of benzene rings is 1. The first kappa shape index (κ1) is 10.4. The second-order valence-electron chi connectivity index (χ2n) is 2.69. The highest BCUT2D eigenvalue weighted by atomic mass is 19.1. The van der Waals surface area contributed by atoms with Crippen LogP contribution in [0.3, 0.4) is 0 Å². The number of ether oxygens (including phenoxy) is 1. The van der Waals surface area contributed by atoms with Crippen molar-refractivity contribution in [2.75, 3.05) is 7.11 Å². The predicted molar refractivity (Wildman–Crippen MR) is 47.2 cm³/mol. The minimum Gasteiger partial charge on any atom is -0.468 e. The molecule has 0 saturated carbocycles. The van der Waals surface area contributed by atoms with Crippen LogP contribution in [0.2, 0.25) is 0 Å². The number of rotatable bonds is 3. The molecule has 0 radical (unpaired) electrons. The molecule has 0 aromatic heterocycles. The zero-order valence-corrected chi connectivity index (χ0v) is 7.57. The minimum atomic E-state index is -0.972. The van der Waals surface area contributed by atoms with Crippen molar-refractivity contribution in [2.24, 2.45) is 0 Å². The van der Waals surface area contributed by atoms with Crippen LogP contribution in [0.15, 0.2) is 24.3 Å². The topological polar surface area (TPSA) is 43.4 Å². The van der Waals surface area contributed by atoms with Gasteiger partial charge in [-0.25, -0.2) is 4.39 Å². The Morgan fingerprint density at radius 2 is 2.00 bits per heavy atom. The van der Waals surface area contributed by atoms with Crippen molar-refractivity contribution in [2.45, 2.75) is 5.92 Å². The van der Waals surface area contributed by atoms with E-state index in [4.69, 9.17) is 0 Å². The normalized spacial score (nSPS) is 11.9. The molecule has 0 aliphatic heterocycles. The van der Waals surface area contributed by atoms with Gasteiger partial charge in [-0.05, 0) is 17.7 Å². The SMILES string of the molecule is COC(=O)[C@H](C=O)c1ccc(F)cc1. The van der Waals surface area contributed by atoms with E-state index < -0.39 is 17.7 Å². The standard InChI is InChI=1S/C10H9FO3/c1-14-10(13)9(6-12)7-2-4-8(11)5-3-7/h2-6,9H,1H3/t9-/m1/s1. The number of esters is 1. The van der Waals surface area contributed by atoms with Crippen LogP contribution in [-0.2, 0) is 14.3 Å². The molecule has 3 nitrogen and oxygen atoms in total. The molecule has 0 aliphatic carbocycles. The molecule has 0 fully saturated rings. The van der Waals surface area contributed by atoms with Gasteiger partial charge in [0, 0.05) is 0 Å². The van der Waals surface area contributed by atoms with E-state index in [1.54, 1.807) is 0 Å². The third kappa shape index (κ3) is 2.16. The first-order valence-electron chi connectivity index (χ1n) is 3.97. The first-order chi connectivity index (χ1) is 6.69. The van der Waals surface area contributed by atoms with E-state index in [1.165, 1.54) is 31.4 Å². The lowest BCUT2D eigenvalue weighted by Gasteiger charge is -2.07. The summed E-state index contributed by atoms with van der Waals surface area (Å²) in [5.41, 5.74) is 0.424. The van der Waals surface area contributed by atoms with Crippen LogP contribution in [0, 0.1) is 5.82 Å². The van der Waals surface area contributed by atoms with E-state index in [9.17, 15) is 14.0 Å². The fourth-order valence-corrected chi connectivity index (χ4v) is 1.07. The molecule has 1 aromatic carbocycles. The van der Waals surface area contributed by atoms with E-state index in [2.05, 4.69) is 4.74 Å². The van der Waals surface area contributed by atoms with Crippen LogP contribution in [0.5, 0.6) is 0 Å². The quantitative estimate of drug-likeness (QED) is 0.415. The highest BCUT2D eigenvalue weighted by Gasteiger charge is 2.20. The Morgan fingerprint density at radius 1 is 1.43 bits per heavy atom. The molecule has 0 saturated heterocycles. The molecule has 0 spiro atoms. The van der Waals surface area contributed by atoms with Gasteiger partial charge >= 0.3 is 5.97 Å². The summed E-state index contributed by atoms with van der Waals surface area (Å²) in [6.45, 7) is 0. The van der Waals surface area contributed by atoms with Crippen molar-refractivity contribution in [1.29, 1.82) is 0 Å². The van der Waals surface area contributed by atoms with E-state index in [-0.39, 0.29) is 0 Å². The molecule has 0 N–H and O–H groups in total. The minimum absolute atomic E-state index is 0.414. The molecule has 0 bridgehead atoms. The molecule has 14 heavy (non-hydrogen) atoms. The van der Waals surface area contributed by atoms with Crippen molar-refractivity contribution in [3.63, 3.8) is 0 Å². The van der Waals surface area contributed by atoms with Crippen LogP contribution >= 0.6 is 0 Å². The van der Waals surface area contributed by atoms with Crippen molar-refractivity contribution < 1.29 is 18.7 Å². The number of halogens is 1. The molecule has 1 aromatic rings. The van der Waals surface area contributed by atoms with E-state index in [0.717, 1.165) is 0 Å². The number of aldehydes is 1. The van der Waals surface area contributed by atoms with E-state index in [0.29, 0.717) is 11.8 Å². The summed E-state index contributed by atoms with van der Waals surface area (Å²) >= 11 is 0. The first-order valence-corrected chi connectivity index (χ1v) is 3.97. The van der Waals surface area contributed by atoms with Crippen molar-refractivity contribution in [1.82, 2.24) is 0 Å². The summed E-state index contributed by atoms with van der Waals surface area (Å²) in [5, 5.41) is 0. The summed E-state index contributed by atoms with van der Waals surface area (Å²) in [6, 6.07) is 5.14. The number of hydrogen-bond donors (Lipinski definition) is 0. The molecule has 0 amide bonds. The highest BCUT2D eigenvalue weighted by molar-refractivity contribution is 5.93. The summed E-state index contributed by atoms with van der Waals surface area (Å²) in [5.74, 6) is -2.03. The average Bonchev–Trinajstić information content (AvgIpc) is 2.21. The molecular formula is C10H9FO3. The van der Waals surface area contributed by atoms with Crippen molar-refractivity contribution in [3.8, 4) is 0 Å². The molecule has 1 atom stereocenters. The lowest BCUT2D eigenvalue weighted by molar-refractivity contribution is -0.143. The van der Waals surface area contributed by atoms with Gasteiger partial charge in [-0.3, -0.25) is 4.79 Å². The maximum Gasteiger partial charge on any atom is 0.320 e. The predicted octanol–water partition coefficient (Wildman–Crippen LogP) is 1.28. The third-order valence-corrected chi connectivity index (χ3v) is 1.82. The Morgan fingerprint density at radius 3 is 2.43 bits per heavy atom. The lowest BCUT2D eigenvalue weighted by Crippen LogP contribution is -2.15. The van der Waals surface area contributed by atoms with E-state index in [1.807, 2.05) is 0 Å². The van der Waals surface area contributed by atoms with Gasteiger partial charge in [0.1, 0.15) is 18.0 Å². The van der Waals surface area contributed by atoms with Gasteiger partial charge in [0.05, 0.1) is 7.11 Å². The molecule has 0 unspecified atom stereocenters. The number of carbonyl (C=O) groups excluding carboxylic acids is 2. The van der Waals surface area contributed by atoms with Crippen LogP contribution in [0.25, 0.3) is 0 Å². The Balaban J connectivity index is 2.95. The van der Waals surface area contributed by atoms with Crippen molar-refractivity contribution in [3.05, 3.63) is 35.6 Å². The zero-order chi connectivity index (χ0) is 10.6. The van der Waals surface area contributed by atoms with Crippen LogP contribution in [0.4, 0.5) is 4.39 Å². The van der Waals surface area contributed by atoms with Crippen LogP contribution in [-0.4, -0.2) is 19.4 Å². The maximum atomic E-state index is 12.5. The Labute approximate surface area is 80.5 Å². The molecular weight excluding hydrogens is 187 g/mol. The van der Waals surface area contributed by atoms with Gasteiger partial charge in [0.25, 0.3) is 0 Å². The van der Waals surface area contributed by atoms with Gasteiger partial charge in [-0.2, -0.15) is 0 Å². The second-order valence-corrected chi connectivity index (χ2v) is 2.69. The van der Waals surface area contributed by atoms with Gasteiger partial charge < -0.3 is 9.53 Å². The largest absolute Gasteiger partial charge is 0.468 e. The van der Waals surface area contributed by atoms with Gasteiger partial charge in [0.2, 0.25) is 0 Å². The molecule has 0 aliphatic rings. The number of carbonyl (C=O) groups is 2. The number of methoxy groups -OCH3 is 1. The van der Waals surface area contributed by atoms with Gasteiger partial charge in [0.15, 0.2) is 0 Å². The Hall–Kier alpha value is -1.71. The lowest BCUT2D eigenvalue weighted by atomic mass is 10.0. The molecule has 4 heteroatoms. The molecule has 1 rings (SSSR count). The van der Waals surface area contributed by atoms with Gasteiger partial charge in [-0.1, -0.05) is 12.1 Å². The smallest absolute Gasteiger partial charge is 0.320 e. The summed E-state index contributed by atoms with van der Waals surface area (Å²) in [4.78, 5) is 21.7. The van der Waals surface area contributed by atoms with Crippen molar-refractivity contribution >= 4 is 12.3 Å². The highest BCUT2D eigenvalue weighted by Crippen LogP contribution is 2.15. The third-order valence-electron chi connectivity index (χ3n) is 1.82. The monoisotopic (exact) mass is 196 g/mol. The maximum absolute atomic E-state index is 12.5. The zero-order valence-electron chi connectivity index (χ0n) is 7.57. The summed E-state index contributed by atoms with van der Waals surface area (Å²) < 4.78 is 17.0. The summed E-state index contributed by atoms with van der Waals surface area (Å²) in [6.07, 6.45) is 0.471. The Kier molecular flexibility index (Phi) is 3.34. The molecule has 74 valence electrons. The fraction of sp³-hybridized carbons (Fsp3) is 0.200.